The van der Waals surface area contributed by atoms with Crippen LogP contribution in [0.15, 0.2) is 35.7 Å². The predicted octanol–water partition coefficient (Wildman–Crippen LogP) is 3.65. The molecule has 2 N–H and O–H groups in total. The Bertz CT molecular complexity index is 872. The number of methoxy groups -OCH3 is 2. The number of carbonyl (C=O) groups is 1. The van der Waals surface area contributed by atoms with E-state index in [2.05, 4.69) is 15.5 Å². The van der Waals surface area contributed by atoms with Crippen molar-refractivity contribution in [1.29, 1.82) is 0 Å². The van der Waals surface area contributed by atoms with Crippen LogP contribution in [0.1, 0.15) is 10.6 Å². The Morgan fingerprint density at radius 2 is 2.12 bits per heavy atom. The molecule has 130 valence electrons. The van der Waals surface area contributed by atoms with E-state index >= 15 is 0 Å². The number of thiophene rings is 1. The maximum Gasteiger partial charge on any atom is 0.229 e. The van der Waals surface area contributed by atoms with Crippen molar-refractivity contribution in [3.8, 4) is 22.8 Å². The zero-order valence-corrected chi connectivity index (χ0v) is 15.1. The second kappa shape index (κ2) is 7.40. The van der Waals surface area contributed by atoms with E-state index in [1.807, 2.05) is 42.6 Å². The summed E-state index contributed by atoms with van der Waals surface area (Å²) in [5, 5.41) is 12.2. The van der Waals surface area contributed by atoms with E-state index in [4.69, 9.17) is 9.47 Å². The fourth-order valence-electron chi connectivity index (χ4n) is 2.53. The van der Waals surface area contributed by atoms with Gasteiger partial charge in [-0.25, -0.2) is 0 Å². The molecule has 0 aliphatic heterocycles. The summed E-state index contributed by atoms with van der Waals surface area (Å²) >= 11 is 1.56. The molecule has 25 heavy (non-hydrogen) atoms. The summed E-state index contributed by atoms with van der Waals surface area (Å²) < 4.78 is 10.7. The third-order valence-corrected chi connectivity index (χ3v) is 4.66. The summed E-state index contributed by atoms with van der Waals surface area (Å²) in [5.74, 6) is 1.25. The number of hydrogen-bond donors (Lipinski definition) is 2. The number of ether oxygens (including phenoxy) is 2. The van der Waals surface area contributed by atoms with Crippen LogP contribution in [0.5, 0.6) is 11.5 Å². The number of hydrogen-bond acceptors (Lipinski definition) is 5. The molecule has 1 amide bonds. The van der Waals surface area contributed by atoms with Crippen LogP contribution < -0.4 is 14.8 Å². The van der Waals surface area contributed by atoms with Crippen molar-refractivity contribution in [3.05, 3.63) is 46.3 Å². The molecule has 0 spiro atoms. The van der Waals surface area contributed by atoms with Gasteiger partial charge < -0.3 is 14.8 Å². The lowest BCUT2D eigenvalue weighted by atomic mass is 10.1. The molecule has 2 heterocycles. The molecule has 0 bridgehead atoms. The van der Waals surface area contributed by atoms with Gasteiger partial charge in [-0.15, -0.1) is 11.3 Å². The van der Waals surface area contributed by atoms with Gasteiger partial charge in [-0.3, -0.25) is 9.89 Å². The van der Waals surface area contributed by atoms with E-state index in [1.165, 1.54) is 0 Å². The maximum atomic E-state index is 12.4. The number of H-pyrrole nitrogens is 1. The highest BCUT2D eigenvalue weighted by atomic mass is 32.1. The molecular weight excluding hydrogens is 338 g/mol. The van der Waals surface area contributed by atoms with Crippen molar-refractivity contribution in [3.63, 3.8) is 0 Å². The quantitative estimate of drug-likeness (QED) is 0.706. The molecule has 0 saturated carbocycles. The Kier molecular flexibility index (Phi) is 5.04. The average molecular weight is 357 g/mol. The Balaban J connectivity index is 1.93. The molecule has 6 nitrogen and oxygen atoms in total. The molecule has 7 heteroatoms. The number of aromatic nitrogens is 2. The summed E-state index contributed by atoms with van der Waals surface area (Å²) in [7, 11) is 3.20. The number of rotatable bonds is 6. The van der Waals surface area contributed by atoms with Crippen molar-refractivity contribution in [2.75, 3.05) is 19.5 Å². The molecule has 2 aromatic heterocycles. The largest absolute Gasteiger partial charge is 0.497 e. The van der Waals surface area contributed by atoms with Crippen LogP contribution in [0.2, 0.25) is 0 Å². The molecule has 0 saturated heterocycles. The Hall–Kier alpha value is -2.80. The van der Waals surface area contributed by atoms with Crippen molar-refractivity contribution in [2.45, 2.75) is 13.3 Å². The lowest BCUT2D eigenvalue weighted by Crippen LogP contribution is -2.14. The molecule has 3 aromatic rings. The van der Waals surface area contributed by atoms with E-state index in [-0.39, 0.29) is 5.91 Å². The van der Waals surface area contributed by atoms with Crippen molar-refractivity contribution in [1.82, 2.24) is 10.2 Å². The summed E-state index contributed by atoms with van der Waals surface area (Å²) in [4.78, 5) is 13.4. The number of anilines is 1. The molecule has 0 fully saturated rings. The van der Waals surface area contributed by atoms with E-state index in [0.717, 1.165) is 16.1 Å². The minimum Gasteiger partial charge on any atom is -0.497 e. The van der Waals surface area contributed by atoms with Crippen LogP contribution in [-0.2, 0) is 11.2 Å². The minimum atomic E-state index is -0.0879. The van der Waals surface area contributed by atoms with Crippen LogP contribution in [0.25, 0.3) is 11.3 Å². The van der Waals surface area contributed by atoms with Crippen LogP contribution in [0.4, 0.5) is 5.69 Å². The van der Waals surface area contributed by atoms with E-state index in [0.29, 0.717) is 29.3 Å². The highest BCUT2D eigenvalue weighted by Crippen LogP contribution is 2.37. The maximum absolute atomic E-state index is 12.4. The van der Waals surface area contributed by atoms with Gasteiger partial charge in [0.2, 0.25) is 5.91 Å². The minimum absolute atomic E-state index is 0.0879. The summed E-state index contributed by atoms with van der Waals surface area (Å²) in [6, 6.07) is 9.34. The fourth-order valence-corrected chi connectivity index (χ4v) is 3.23. The monoisotopic (exact) mass is 357 g/mol. The van der Waals surface area contributed by atoms with Gasteiger partial charge in [0.25, 0.3) is 0 Å². The van der Waals surface area contributed by atoms with Crippen molar-refractivity contribution in [2.24, 2.45) is 0 Å². The first-order valence-corrected chi connectivity index (χ1v) is 8.60. The highest BCUT2D eigenvalue weighted by molar-refractivity contribution is 7.10. The number of nitrogens with zero attached hydrogens (tertiary/aromatic N) is 1. The van der Waals surface area contributed by atoms with E-state index < -0.39 is 0 Å². The van der Waals surface area contributed by atoms with Gasteiger partial charge in [-0.2, -0.15) is 5.10 Å². The van der Waals surface area contributed by atoms with Crippen LogP contribution in [-0.4, -0.2) is 30.3 Å². The fraction of sp³-hybridized carbons (Fsp3) is 0.222. The molecule has 0 aliphatic rings. The zero-order valence-electron chi connectivity index (χ0n) is 14.3. The van der Waals surface area contributed by atoms with E-state index in [9.17, 15) is 4.79 Å². The van der Waals surface area contributed by atoms with Crippen LogP contribution >= 0.6 is 11.3 Å². The first-order valence-electron chi connectivity index (χ1n) is 7.72. The van der Waals surface area contributed by atoms with Gasteiger partial charge in [0.15, 0.2) is 0 Å². The standard InChI is InChI=1S/C18H19N3O3S/c1-11-17(19-16(22)10-13-5-4-8-25-13)18(21-20-11)14-9-12(23-2)6-7-15(14)24-3/h4-9H,10H2,1-3H3,(H,19,22)(H,20,21). The third kappa shape index (κ3) is 3.66. The number of aryl methyl sites for hydroxylation is 1. The van der Waals surface area contributed by atoms with Gasteiger partial charge in [-0.1, -0.05) is 6.07 Å². The lowest BCUT2D eigenvalue weighted by Gasteiger charge is -2.11. The van der Waals surface area contributed by atoms with Gasteiger partial charge in [0.05, 0.1) is 32.0 Å². The molecule has 0 atom stereocenters. The first kappa shape index (κ1) is 17.0. The van der Waals surface area contributed by atoms with Gasteiger partial charge in [0, 0.05) is 10.4 Å². The molecule has 0 radical (unpaired) electrons. The number of nitrogens with one attached hydrogen (secondary N) is 2. The first-order chi connectivity index (χ1) is 12.1. The Labute approximate surface area is 149 Å². The third-order valence-electron chi connectivity index (χ3n) is 3.79. The second-order valence-corrected chi connectivity index (χ2v) is 6.47. The van der Waals surface area contributed by atoms with E-state index in [1.54, 1.807) is 25.6 Å². The number of amides is 1. The second-order valence-electron chi connectivity index (χ2n) is 5.44. The Morgan fingerprint density at radius 3 is 2.80 bits per heavy atom. The lowest BCUT2D eigenvalue weighted by molar-refractivity contribution is -0.115. The zero-order chi connectivity index (χ0) is 17.8. The van der Waals surface area contributed by atoms with Crippen LogP contribution in [0.3, 0.4) is 0 Å². The summed E-state index contributed by atoms with van der Waals surface area (Å²) in [6.45, 7) is 1.86. The molecular formula is C18H19N3O3S. The topological polar surface area (TPSA) is 76.2 Å². The molecule has 3 rings (SSSR count). The average Bonchev–Trinajstić information content (AvgIpc) is 3.25. The number of aromatic amines is 1. The van der Waals surface area contributed by atoms with Crippen molar-refractivity contribution >= 4 is 22.9 Å². The van der Waals surface area contributed by atoms with Gasteiger partial charge in [-0.05, 0) is 36.6 Å². The van der Waals surface area contributed by atoms with Crippen molar-refractivity contribution < 1.29 is 14.3 Å². The summed E-state index contributed by atoms with van der Waals surface area (Å²) in [6.07, 6.45) is 0.330. The molecule has 0 aliphatic carbocycles. The molecule has 1 aromatic carbocycles. The Morgan fingerprint density at radius 1 is 1.28 bits per heavy atom. The van der Waals surface area contributed by atoms with Crippen LogP contribution in [0, 0.1) is 6.92 Å². The predicted molar refractivity (Wildman–Crippen MR) is 98.5 cm³/mol. The summed E-state index contributed by atoms with van der Waals surface area (Å²) in [5.41, 5.74) is 2.79. The van der Waals surface area contributed by atoms with Gasteiger partial charge >= 0.3 is 0 Å². The SMILES string of the molecule is COc1ccc(OC)c(-c2n[nH]c(C)c2NC(=O)Cc2cccs2)c1. The molecule has 0 unspecified atom stereocenters. The van der Waals surface area contributed by atoms with Gasteiger partial charge in [0.1, 0.15) is 17.2 Å². The smallest absolute Gasteiger partial charge is 0.229 e. The highest BCUT2D eigenvalue weighted by Gasteiger charge is 2.19. The normalized spacial score (nSPS) is 10.5. The number of benzene rings is 1. The number of carbonyl (C=O) groups excluding carboxylic acids is 1.